The minimum absolute atomic E-state index is 0.193. The van der Waals surface area contributed by atoms with Gasteiger partial charge in [0.15, 0.2) is 0 Å². The summed E-state index contributed by atoms with van der Waals surface area (Å²) in [4.78, 5) is 0. The molecular formula is C14H27NO2S. The Balaban J connectivity index is 1.64. The highest BCUT2D eigenvalue weighted by Crippen LogP contribution is 2.38. The standard InChI is InChI=1S/C14H27NO2S/c1-12(10-16)3-2-6-15-13-4-7-17-14(9-13)5-8-18-11-14/h12-13,15-16H,2-11H2,1H3. The zero-order chi connectivity index (χ0) is 12.8. The molecule has 2 fully saturated rings. The number of thioether (sulfide) groups is 1. The van der Waals surface area contributed by atoms with E-state index in [1.54, 1.807) is 0 Å². The second kappa shape index (κ2) is 7.13. The second-order valence-electron chi connectivity index (χ2n) is 5.91. The Labute approximate surface area is 115 Å². The van der Waals surface area contributed by atoms with E-state index in [1.807, 2.05) is 11.8 Å². The van der Waals surface area contributed by atoms with Crippen molar-refractivity contribution < 1.29 is 9.84 Å². The largest absolute Gasteiger partial charge is 0.396 e. The summed E-state index contributed by atoms with van der Waals surface area (Å²) in [7, 11) is 0. The average molecular weight is 273 g/mol. The van der Waals surface area contributed by atoms with Gasteiger partial charge in [-0.3, -0.25) is 0 Å². The molecule has 2 rings (SSSR count). The Morgan fingerprint density at radius 1 is 1.56 bits per heavy atom. The van der Waals surface area contributed by atoms with E-state index >= 15 is 0 Å². The summed E-state index contributed by atoms with van der Waals surface area (Å²) in [6.45, 7) is 4.43. The topological polar surface area (TPSA) is 41.5 Å². The lowest BCUT2D eigenvalue weighted by Gasteiger charge is -2.38. The first kappa shape index (κ1) is 14.6. The molecule has 0 aromatic heterocycles. The summed E-state index contributed by atoms with van der Waals surface area (Å²) in [5, 5.41) is 12.7. The summed E-state index contributed by atoms with van der Waals surface area (Å²) in [6, 6.07) is 0.641. The number of ether oxygens (including phenoxy) is 1. The van der Waals surface area contributed by atoms with Crippen LogP contribution < -0.4 is 5.32 Å². The third kappa shape index (κ3) is 4.12. The first-order valence-corrected chi connectivity index (χ1v) is 8.45. The molecule has 3 unspecified atom stereocenters. The predicted octanol–water partition coefficient (Wildman–Crippen LogP) is 2.04. The summed E-state index contributed by atoms with van der Waals surface area (Å²) >= 11 is 2.04. The highest BCUT2D eigenvalue weighted by molar-refractivity contribution is 7.99. The van der Waals surface area contributed by atoms with Gasteiger partial charge in [-0.25, -0.2) is 0 Å². The van der Waals surface area contributed by atoms with Crippen molar-refractivity contribution in [2.24, 2.45) is 5.92 Å². The van der Waals surface area contributed by atoms with Crippen LogP contribution in [0.2, 0.25) is 0 Å². The molecule has 0 amide bonds. The van der Waals surface area contributed by atoms with E-state index in [9.17, 15) is 0 Å². The maximum atomic E-state index is 8.98. The Morgan fingerprint density at radius 3 is 3.17 bits per heavy atom. The number of nitrogens with one attached hydrogen (secondary N) is 1. The van der Waals surface area contributed by atoms with Crippen molar-refractivity contribution in [3.63, 3.8) is 0 Å². The SMILES string of the molecule is CC(CO)CCCNC1CCOC2(CCSC2)C1. The first-order chi connectivity index (χ1) is 8.74. The minimum atomic E-state index is 0.193. The highest BCUT2D eigenvalue weighted by atomic mass is 32.2. The van der Waals surface area contributed by atoms with E-state index in [1.165, 1.54) is 30.8 Å². The van der Waals surface area contributed by atoms with Gasteiger partial charge in [-0.1, -0.05) is 6.92 Å². The summed E-state index contributed by atoms with van der Waals surface area (Å²) in [6.07, 6.45) is 5.86. The molecule has 2 saturated heterocycles. The predicted molar refractivity (Wildman–Crippen MR) is 77.1 cm³/mol. The van der Waals surface area contributed by atoms with Gasteiger partial charge in [0.25, 0.3) is 0 Å². The Kier molecular flexibility index (Phi) is 5.80. The van der Waals surface area contributed by atoms with Crippen LogP contribution in [0.1, 0.15) is 39.0 Å². The quantitative estimate of drug-likeness (QED) is 0.727. The fourth-order valence-corrected chi connectivity index (χ4v) is 4.29. The van der Waals surface area contributed by atoms with Crippen LogP contribution in [0.25, 0.3) is 0 Å². The normalized spacial score (nSPS) is 34.0. The molecule has 106 valence electrons. The second-order valence-corrected chi connectivity index (χ2v) is 7.01. The summed E-state index contributed by atoms with van der Waals surface area (Å²) in [5.41, 5.74) is 0.193. The van der Waals surface area contributed by atoms with Crippen molar-refractivity contribution in [1.29, 1.82) is 0 Å². The van der Waals surface area contributed by atoms with Crippen LogP contribution in [0, 0.1) is 5.92 Å². The fraction of sp³-hybridized carbons (Fsp3) is 1.00. The third-order valence-corrected chi connectivity index (χ3v) is 5.40. The molecule has 3 atom stereocenters. The van der Waals surface area contributed by atoms with Crippen molar-refractivity contribution in [2.75, 3.05) is 31.3 Å². The lowest BCUT2D eigenvalue weighted by atomic mass is 9.90. The van der Waals surface area contributed by atoms with Crippen molar-refractivity contribution in [3.05, 3.63) is 0 Å². The van der Waals surface area contributed by atoms with Gasteiger partial charge in [0.05, 0.1) is 5.60 Å². The van der Waals surface area contributed by atoms with Gasteiger partial charge >= 0.3 is 0 Å². The Bertz CT molecular complexity index is 244. The zero-order valence-corrected chi connectivity index (χ0v) is 12.3. The van der Waals surface area contributed by atoms with Gasteiger partial charge in [0.1, 0.15) is 0 Å². The van der Waals surface area contributed by atoms with Crippen LogP contribution in [-0.2, 0) is 4.74 Å². The number of rotatable bonds is 6. The van der Waals surface area contributed by atoms with Gasteiger partial charge in [0.2, 0.25) is 0 Å². The molecule has 0 radical (unpaired) electrons. The van der Waals surface area contributed by atoms with Crippen LogP contribution in [0.5, 0.6) is 0 Å². The molecule has 3 nitrogen and oxygen atoms in total. The number of aliphatic hydroxyl groups is 1. The van der Waals surface area contributed by atoms with Crippen LogP contribution >= 0.6 is 11.8 Å². The number of hydrogen-bond donors (Lipinski definition) is 2. The van der Waals surface area contributed by atoms with E-state index in [2.05, 4.69) is 12.2 Å². The lowest BCUT2D eigenvalue weighted by Crippen LogP contribution is -2.47. The molecule has 0 bridgehead atoms. The molecule has 0 aliphatic carbocycles. The molecule has 0 aromatic rings. The number of aliphatic hydroxyl groups excluding tert-OH is 1. The van der Waals surface area contributed by atoms with Gasteiger partial charge in [0, 0.05) is 25.0 Å². The maximum absolute atomic E-state index is 8.98. The molecule has 2 aliphatic heterocycles. The maximum Gasteiger partial charge on any atom is 0.0795 e. The molecule has 18 heavy (non-hydrogen) atoms. The molecular weight excluding hydrogens is 246 g/mol. The van der Waals surface area contributed by atoms with Crippen molar-refractivity contribution >= 4 is 11.8 Å². The fourth-order valence-electron chi connectivity index (χ4n) is 2.91. The van der Waals surface area contributed by atoms with E-state index in [0.717, 1.165) is 26.0 Å². The van der Waals surface area contributed by atoms with Crippen LogP contribution in [-0.4, -0.2) is 48.0 Å². The molecule has 2 N–H and O–H groups in total. The Morgan fingerprint density at radius 2 is 2.44 bits per heavy atom. The van der Waals surface area contributed by atoms with E-state index in [0.29, 0.717) is 18.6 Å². The van der Waals surface area contributed by atoms with Gasteiger partial charge < -0.3 is 15.2 Å². The molecule has 0 aromatic carbocycles. The minimum Gasteiger partial charge on any atom is -0.396 e. The highest BCUT2D eigenvalue weighted by Gasteiger charge is 2.40. The van der Waals surface area contributed by atoms with Gasteiger partial charge in [-0.05, 0) is 50.3 Å². The summed E-state index contributed by atoms with van der Waals surface area (Å²) < 4.78 is 6.02. The molecule has 2 heterocycles. The van der Waals surface area contributed by atoms with Crippen molar-refractivity contribution in [2.45, 2.75) is 50.7 Å². The third-order valence-electron chi connectivity index (χ3n) is 4.18. The smallest absolute Gasteiger partial charge is 0.0795 e. The van der Waals surface area contributed by atoms with Crippen LogP contribution in [0.3, 0.4) is 0 Å². The molecule has 2 aliphatic rings. The van der Waals surface area contributed by atoms with Crippen LogP contribution in [0.4, 0.5) is 0 Å². The van der Waals surface area contributed by atoms with Gasteiger partial charge in [-0.15, -0.1) is 0 Å². The van der Waals surface area contributed by atoms with Gasteiger partial charge in [-0.2, -0.15) is 11.8 Å². The van der Waals surface area contributed by atoms with Crippen molar-refractivity contribution in [3.8, 4) is 0 Å². The van der Waals surface area contributed by atoms with E-state index in [4.69, 9.17) is 9.84 Å². The number of hydrogen-bond acceptors (Lipinski definition) is 4. The Hall–Kier alpha value is 0.230. The summed E-state index contributed by atoms with van der Waals surface area (Å²) in [5.74, 6) is 2.90. The molecule has 1 spiro atoms. The monoisotopic (exact) mass is 273 g/mol. The van der Waals surface area contributed by atoms with E-state index < -0.39 is 0 Å². The first-order valence-electron chi connectivity index (χ1n) is 7.30. The van der Waals surface area contributed by atoms with E-state index in [-0.39, 0.29) is 5.60 Å². The van der Waals surface area contributed by atoms with Crippen molar-refractivity contribution in [1.82, 2.24) is 5.32 Å². The zero-order valence-electron chi connectivity index (χ0n) is 11.5. The average Bonchev–Trinajstić information content (AvgIpc) is 2.82. The van der Waals surface area contributed by atoms with Crippen LogP contribution in [0.15, 0.2) is 0 Å². The molecule has 4 heteroatoms. The molecule has 0 saturated carbocycles. The lowest BCUT2D eigenvalue weighted by molar-refractivity contribution is -0.0700.